The molecule has 1 aromatic carbocycles. The highest BCUT2D eigenvalue weighted by molar-refractivity contribution is 5.73. The minimum absolute atomic E-state index is 0.186. The average Bonchev–Trinajstić information content (AvgIpc) is 2.29. The smallest absolute Gasteiger partial charge is 0.329 e. The van der Waals surface area contributed by atoms with Crippen LogP contribution in [0.4, 0.5) is 4.79 Å². The fraction of sp³-hybridized carbons (Fsp3) is 0.417. The molecule has 0 fully saturated rings. The van der Waals surface area contributed by atoms with Crippen LogP contribution in [0.25, 0.3) is 0 Å². The first-order valence-corrected chi connectivity index (χ1v) is 5.54. The second kappa shape index (κ2) is 6.85. The van der Waals surface area contributed by atoms with Crippen LogP contribution < -0.4 is 16.2 Å². The zero-order valence-corrected chi connectivity index (χ0v) is 9.84. The molecule has 0 aliphatic carbocycles. The van der Waals surface area contributed by atoms with Gasteiger partial charge >= 0.3 is 6.03 Å². The van der Waals surface area contributed by atoms with Crippen LogP contribution in [0.5, 0.6) is 0 Å². The van der Waals surface area contributed by atoms with Gasteiger partial charge in [0, 0.05) is 13.1 Å². The first-order chi connectivity index (χ1) is 7.72. The van der Waals surface area contributed by atoms with Crippen molar-refractivity contribution in [2.75, 3.05) is 6.54 Å². The molecule has 0 aliphatic rings. The molecule has 0 atom stereocenters. The lowest BCUT2D eigenvalue weighted by Gasteiger charge is -2.08. The van der Waals surface area contributed by atoms with Crippen molar-refractivity contribution >= 4 is 6.03 Å². The predicted octanol–water partition coefficient (Wildman–Crippen LogP) is 1.71. The van der Waals surface area contributed by atoms with Gasteiger partial charge in [0.1, 0.15) is 0 Å². The van der Waals surface area contributed by atoms with Crippen molar-refractivity contribution in [3.05, 3.63) is 35.4 Å². The van der Waals surface area contributed by atoms with E-state index in [1.807, 2.05) is 38.1 Å². The highest BCUT2D eigenvalue weighted by Crippen LogP contribution is 2.01. The second-order valence-corrected chi connectivity index (χ2v) is 3.72. The van der Waals surface area contributed by atoms with E-state index < -0.39 is 0 Å². The lowest BCUT2D eigenvalue weighted by molar-refractivity contribution is 0.236. The van der Waals surface area contributed by atoms with Crippen LogP contribution in [0, 0.1) is 6.92 Å². The normalized spacial score (nSPS) is 9.88. The second-order valence-electron chi connectivity index (χ2n) is 3.72. The number of hydrogen-bond acceptors (Lipinski definition) is 2. The number of urea groups is 1. The highest BCUT2D eigenvalue weighted by atomic mass is 16.2. The summed E-state index contributed by atoms with van der Waals surface area (Å²) in [6, 6.07) is 7.98. The molecule has 1 aromatic rings. The summed E-state index contributed by atoms with van der Waals surface area (Å²) >= 11 is 0. The number of hydrazine groups is 1. The Kier molecular flexibility index (Phi) is 5.36. The van der Waals surface area contributed by atoms with Gasteiger partial charge in [-0.2, -0.15) is 0 Å². The molecule has 0 radical (unpaired) electrons. The maximum atomic E-state index is 11.2. The monoisotopic (exact) mass is 221 g/mol. The van der Waals surface area contributed by atoms with E-state index in [-0.39, 0.29) is 6.03 Å². The van der Waals surface area contributed by atoms with E-state index in [0.717, 1.165) is 12.0 Å². The summed E-state index contributed by atoms with van der Waals surface area (Å²) in [5, 5.41) is 2.72. The molecule has 0 unspecified atom stereocenters. The van der Waals surface area contributed by atoms with Gasteiger partial charge in [0.15, 0.2) is 0 Å². The number of rotatable bonds is 5. The lowest BCUT2D eigenvalue weighted by atomic mass is 10.1. The van der Waals surface area contributed by atoms with Gasteiger partial charge < -0.3 is 5.32 Å². The maximum absolute atomic E-state index is 11.2. The summed E-state index contributed by atoms with van der Waals surface area (Å²) in [6.07, 6.45) is 0.936. The Morgan fingerprint density at radius 3 is 2.56 bits per heavy atom. The largest absolute Gasteiger partial charge is 0.337 e. The van der Waals surface area contributed by atoms with Gasteiger partial charge in [-0.15, -0.1) is 0 Å². The molecular weight excluding hydrogens is 202 g/mol. The van der Waals surface area contributed by atoms with Crippen molar-refractivity contribution in [1.29, 1.82) is 0 Å². The third-order valence-corrected chi connectivity index (χ3v) is 2.15. The molecule has 0 spiro atoms. The molecular formula is C12H19N3O. The number of nitrogens with one attached hydrogen (secondary N) is 3. The zero-order chi connectivity index (χ0) is 11.8. The predicted molar refractivity (Wildman–Crippen MR) is 64.8 cm³/mol. The van der Waals surface area contributed by atoms with Crippen LogP contribution in [-0.2, 0) is 6.54 Å². The Hall–Kier alpha value is -1.55. The van der Waals surface area contributed by atoms with Crippen LogP contribution in [0.3, 0.4) is 0 Å². The van der Waals surface area contributed by atoms with E-state index in [4.69, 9.17) is 0 Å². The quantitative estimate of drug-likeness (QED) is 0.663. The third-order valence-electron chi connectivity index (χ3n) is 2.15. The molecule has 4 heteroatoms. The Morgan fingerprint density at radius 2 is 1.94 bits per heavy atom. The van der Waals surface area contributed by atoms with Crippen LogP contribution >= 0.6 is 0 Å². The van der Waals surface area contributed by atoms with Crippen LogP contribution in [0.1, 0.15) is 24.5 Å². The fourth-order valence-electron chi connectivity index (χ4n) is 1.22. The molecule has 3 N–H and O–H groups in total. The van der Waals surface area contributed by atoms with Gasteiger partial charge in [0.25, 0.3) is 0 Å². The standard InChI is InChI=1S/C12H19N3O/c1-3-8-13-12(16)15-14-9-11-6-4-10(2)5-7-11/h4-7,14H,3,8-9H2,1-2H3,(H2,13,15,16). The summed E-state index contributed by atoms with van der Waals surface area (Å²) in [5.41, 5.74) is 7.82. The lowest BCUT2D eigenvalue weighted by Crippen LogP contribution is -2.43. The van der Waals surface area contributed by atoms with Crippen molar-refractivity contribution < 1.29 is 4.79 Å². The molecule has 0 aromatic heterocycles. The summed E-state index contributed by atoms with van der Waals surface area (Å²) in [5.74, 6) is 0. The summed E-state index contributed by atoms with van der Waals surface area (Å²) < 4.78 is 0. The number of amides is 2. The molecule has 0 saturated carbocycles. The summed E-state index contributed by atoms with van der Waals surface area (Å²) in [4.78, 5) is 11.2. The van der Waals surface area contributed by atoms with Gasteiger partial charge in [-0.1, -0.05) is 36.8 Å². The summed E-state index contributed by atoms with van der Waals surface area (Å²) in [6.45, 7) is 5.38. The molecule has 0 bridgehead atoms. The van der Waals surface area contributed by atoms with E-state index in [2.05, 4.69) is 16.2 Å². The van der Waals surface area contributed by atoms with Crippen molar-refractivity contribution in [2.45, 2.75) is 26.8 Å². The van der Waals surface area contributed by atoms with Gasteiger partial charge in [-0.25, -0.2) is 10.2 Å². The molecule has 0 heterocycles. The van der Waals surface area contributed by atoms with Gasteiger partial charge in [0.2, 0.25) is 0 Å². The van der Waals surface area contributed by atoms with Crippen LogP contribution in [-0.4, -0.2) is 12.6 Å². The third kappa shape index (κ3) is 4.79. The van der Waals surface area contributed by atoms with Crippen molar-refractivity contribution in [2.24, 2.45) is 0 Å². The van der Waals surface area contributed by atoms with E-state index in [1.165, 1.54) is 5.56 Å². The maximum Gasteiger partial charge on any atom is 0.329 e. The Bertz CT molecular complexity index is 322. The van der Waals surface area contributed by atoms with E-state index in [1.54, 1.807) is 0 Å². The number of hydrogen-bond donors (Lipinski definition) is 3. The number of aryl methyl sites for hydroxylation is 1. The van der Waals surface area contributed by atoms with E-state index >= 15 is 0 Å². The number of benzene rings is 1. The van der Waals surface area contributed by atoms with Crippen LogP contribution in [0.2, 0.25) is 0 Å². The minimum atomic E-state index is -0.186. The Balaban J connectivity index is 2.20. The topological polar surface area (TPSA) is 53.2 Å². The molecule has 1 rings (SSSR count). The molecule has 0 aliphatic heterocycles. The van der Waals surface area contributed by atoms with Crippen molar-refractivity contribution in [3.8, 4) is 0 Å². The molecule has 88 valence electrons. The number of carbonyl (C=O) groups excluding carboxylic acids is 1. The van der Waals surface area contributed by atoms with Gasteiger partial charge in [-0.3, -0.25) is 5.43 Å². The molecule has 0 saturated heterocycles. The van der Waals surface area contributed by atoms with E-state index in [9.17, 15) is 4.79 Å². The van der Waals surface area contributed by atoms with Crippen molar-refractivity contribution in [1.82, 2.24) is 16.2 Å². The highest BCUT2D eigenvalue weighted by Gasteiger charge is 1.97. The summed E-state index contributed by atoms with van der Waals surface area (Å²) in [7, 11) is 0. The SMILES string of the molecule is CCCNC(=O)NNCc1ccc(C)cc1. The van der Waals surface area contributed by atoms with Crippen LogP contribution in [0.15, 0.2) is 24.3 Å². The van der Waals surface area contributed by atoms with Gasteiger partial charge in [-0.05, 0) is 18.9 Å². The first kappa shape index (κ1) is 12.5. The minimum Gasteiger partial charge on any atom is -0.337 e. The molecule has 16 heavy (non-hydrogen) atoms. The Morgan fingerprint density at radius 1 is 1.25 bits per heavy atom. The fourth-order valence-corrected chi connectivity index (χ4v) is 1.22. The van der Waals surface area contributed by atoms with E-state index in [0.29, 0.717) is 13.1 Å². The van der Waals surface area contributed by atoms with Gasteiger partial charge in [0.05, 0.1) is 0 Å². The van der Waals surface area contributed by atoms with Crippen molar-refractivity contribution in [3.63, 3.8) is 0 Å². The molecule has 2 amide bonds. The first-order valence-electron chi connectivity index (χ1n) is 5.54. The average molecular weight is 221 g/mol. The molecule has 4 nitrogen and oxygen atoms in total. The Labute approximate surface area is 96.4 Å². The zero-order valence-electron chi connectivity index (χ0n) is 9.84. The number of carbonyl (C=O) groups is 1.